The number of nitrogens with zero attached hydrogens (tertiary/aromatic N) is 4. The minimum atomic E-state index is 0.279. The highest BCUT2D eigenvalue weighted by Gasteiger charge is 2.15. The van der Waals surface area contributed by atoms with Crippen LogP contribution in [0.3, 0.4) is 0 Å². The molecule has 1 aliphatic rings. The first kappa shape index (κ1) is 17.9. The quantitative estimate of drug-likeness (QED) is 0.578. The Hall–Kier alpha value is -1.93. The number of thiophene rings is 1. The fourth-order valence-electron chi connectivity index (χ4n) is 2.69. The maximum Gasteiger partial charge on any atom is 0.191 e. The molecule has 0 radical (unpaired) electrons. The van der Waals surface area contributed by atoms with Gasteiger partial charge in [-0.2, -0.15) is 0 Å². The summed E-state index contributed by atoms with van der Waals surface area (Å²) in [6.07, 6.45) is 3.52. The molecule has 3 rings (SSSR count). The normalized spacial score (nSPS) is 17.8. The zero-order valence-electron chi connectivity index (χ0n) is 14.9. The van der Waals surface area contributed by atoms with Crippen molar-refractivity contribution in [1.29, 1.82) is 0 Å². The SMILES string of the molecule is Cc1nnc(CN=C(NCCc2cccs2)NCC2CCCO2)n1C. The lowest BCUT2D eigenvalue weighted by atomic mass is 10.2. The summed E-state index contributed by atoms with van der Waals surface area (Å²) in [5.41, 5.74) is 0. The predicted octanol–water partition coefficient (Wildman–Crippen LogP) is 1.64. The van der Waals surface area contributed by atoms with Gasteiger partial charge >= 0.3 is 0 Å². The number of aryl methyl sites for hydroxylation is 1. The van der Waals surface area contributed by atoms with Gasteiger partial charge in [-0.25, -0.2) is 4.99 Å². The third-order valence-electron chi connectivity index (χ3n) is 4.33. The van der Waals surface area contributed by atoms with Crippen LogP contribution in [0.4, 0.5) is 0 Å². The van der Waals surface area contributed by atoms with Gasteiger partial charge in [0.05, 0.1) is 6.10 Å². The number of hydrogen-bond donors (Lipinski definition) is 2. The molecule has 7 nitrogen and oxygen atoms in total. The molecule has 1 saturated heterocycles. The Morgan fingerprint density at radius 1 is 1.44 bits per heavy atom. The van der Waals surface area contributed by atoms with Gasteiger partial charge in [0.25, 0.3) is 0 Å². The molecule has 0 amide bonds. The summed E-state index contributed by atoms with van der Waals surface area (Å²) in [5, 5.41) is 17.2. The van der Waals surface area contributed by atoms with E-state index >= 15 is 0 Å². The molecule has 1 fully saturated rings. The fourth-order valence-corrected chi connectivity index (χ4v) is 3.40. The summed E-state index contributed by atoms with van der Waals surface area (Å²) in [7, 11) is 1.96. The van der Waals surface area contributed by atoms with Crippen molar-refractivity contribution in [3.8, 4) is 0 Å². The molecule has 0 aliphatic carbocycles. The van der Waals surface area contributed by atoms with Gasteiger partial charge in [0.2, 0.25) is 0 Å². The Kier molecular flexibility index (Phi) is 6.41. The standard InChI is InChI=1S/C17H26N6OS/c1-13-21-22-16(23(13)2)12-20-17(19-11-14-5-3-9-24-14)18-8-7-15-6-4-10-25-15/h4,6,10,14H,3,5,7-9,11-12H2,1-2H3,(H2,18,19,20). The molecule has 1 unspecified atom stereocenters. The molecule has 0 saturated carbocycles. The van der Waals surface area contributed by atoms with E-state index in [0.29, 0.717) is 6.54 Å². The van der Waals surface area contributed by atoms with E-state index in [9.17, 15) is 0 Å². The third kappa shape index (κ3) is 5.27. The Morgan fingerprint density at radius 2 is 2.36 bits per heavy atom. The molecule has 136 valence electrons. The summed E-state index contributed by atoms with van der Waals surface area (Å²) in [6, 6.07) is 4.24. The smallest absolute Gasteiger partial charge is 0.191 e. The number of aromatic nitrogens is 3. The van der Waals surface area contributed by atoms with Crippen LogP contribution in [0.15, 0.2) is 22.5 Å². The van der Waals surface area contributed by atoms with Crippen LogP contribution in [0, 0.1) is 6.92 Å². The number of guanidine groups is 1. The van der Waals surface area contributed by atoms with Crippen molar-refractivity contribution in [3.05, 3.63) is 34.0 Å². The summed E-state index contributed by atoms with van der Waals surface area (Å²) in [5.74, 6) is 2.55. The van der Waals surface area contributed by atoms with Crippen molar-refractivity contribution in [2.75, 3.05) is 19.7 Å². The topological polar surface area (TPSA) is 76.4 Å². The lowest BCUT2D eigenvalue weighted by molar-refractivity contribution is 0.114. The van der Waals surface area contributed by atoms with Gasteiger partial charge in [0.1, 0.15) is 12.4 Å². The second-order valence-corrected chi connectivity index (χ2v) is 7.19. The van der Waals surface area contributed by atoms with Gasteiger partial charge in [-0.15, -0.1) is 21.5 Å². The molecule has 1 atom stereocenters. The van der Waals surface area contributed by atoms with Crippen LogP contribution < -0.4 is 10.6 Å². The number of aliphatic imine (C=N–C) groups is 1. The number of nitrogens with one attached hydrogen (secondary N) is 2. The average molecular weight is 363 g/mol. The zero-order chi connectivity index (χ0) is 17.5. The first-order chi connectivity index (χ1) is 12.2. The second-order valence-electron chi connectivity index (χ2n) is 6.16. The Morgan fingerprint density at radius 3 is 3.04 bits per heavy atom. The lowest BCUT2D eigenvalue weighted by Gasteiger charge is -2.15. The molecule has 0 spiro atoms. The summed E-state index contributed by atoms with van der Waals surface area (Å²) in [4.78, 5) is 6.04. The minimum absolute atomic E-state index is 0.279. The van der Waals surface area contributed by atoms with Crippen LogP contribution in [0.5, 0.6) is 0 Å². The molecule has 0 aromatic carbocycles. The Bertz CT molecular complexity index is 675. The van der Waals surface area contributed by atoms with Crippen LogP contribution in [0.25, 0.3) is 0 Å². The molecule has 2 aromatic heterocycles. The molecular weight excluding hydrogens is 336 g/mol. The highest BCUT2D eigenvalue weighted by atomic mass is 32.1. The van der Waals surface area contributed by atoms with Crippen LogP contribution >= 0.6 is 11.3 Å². The number of hydrogen-bond acceptors (Lipinski definition) is 5. The first-order valence-corrected chi connectivity index (χ1v) is 9.61. The van der Waals surface area contributed by atoms with Gasteiger partial charge in [-0.3, -0.25) is 0 Å². The maximum absolute atomic E-state index is 5.68. The largest absolute Gasteiger partial charge is 0.376 e. The minimum Gasteiger partial charge on any atom is -0.376 e. The van der Waals surface area contributed by atoms with Crippen molar-refractivity contribution in [1.82, 2.24) is 25.4 Å². The van der Waals surface area contributed by atoms with E-state index in [0.717, 1.165) is 56.6 Å². The van der Waals surface area contributed by atoms with Crippen molar-refractivity contribution in [2.45, 2.75) is 38.8 Å². The van der Waals surface area contributed by atoms with Gasteiger partial charge in [0.15, 0.2) is 11.8 Å². The third-order valence-corrected chi connectivity index (χ3v) is 5.26. The van der Waals surface area contributed by atoms with E-state index in [-0.39, 0.29) is 6.10 Å². The van der Waals surface area contributed by atoms with Crippen molar-refractivity contribution < 1.29 is 4.74 Å². The summed E-state index contributed by atoms with van der Waals surface area (Å²) < 4.78 is 7.65. The van der Waals surface area contributed by atoms with Crippen molar-refractivity contribution in [2.24, 2.45) is 12.0 Å². The predicted molar refractivity (Wildman–Crippen MR) is 99.9 cm³/mol. The molecule has 3 heterocycles. The molecule has 2 aromatic rings. The molecule has 25 heavy (non-hydrogen) atoms. The monoisotopic (exact) mass is 362 g/mol. The highest BCUT2D eigenvalue weighted by molar-refractivity contribution is 7.09. The number of rotatable bonds is 7. The summed E-state index contributed by atoms with van der Waals surface area (Å²) >= 11 is 1.78. The van der Waals surface area contributed by atoms with Gasteiger partial charge in [0, 0.05) is 31.6 Å². The molecule has 2 N–H and O–H groups in total. The van der Waals surface area contributed by atoms with Gasteiger partial charge in [-0.1, -0.05) is 6.07 Å². The lowest BCUT2D eigenvalue weighted by Crippen LogP contribution is -2.42. The Balaban J connectivity index is 1.55. The Labute approximate surface area is 152 Å². The van der Waals surface area contributed by atoms with Gasteiger partial charge in [-0.05, 0) is 37.6 Å². The number of ether oxygens (including phenoxy) is 1. The van der Waals surface area contributed by atoms with Crippen LogP contribution in [-0.2, 0) is 24.8 Å². The molecule has 8 heteroatoms. The average Bonchev–Trinajstić information content (AvgIpc) is 3.36. The zero-order valence-corrected chi connectivity index (χ0v) is 15.7. The maximum atomic E-state index is 5.68. The van der Waals surface area contributed by atoms with Crippen molar-refractivity contribution in [3.63, 3.8) is 0 Å². The van der Waals surface area contributed by atoms with Crippen LogP contribution in [0.2, 0.25) is 0 Å². The molecular formula is C17H26N6OS. The molecule has 1 aliphatic heterocycles. The van der Waals surface area contributed by atoms with E-state index in [4.69, 9.17) is 4.74 Å². The first-order valence-electron chi connectivity index (χ1n) is 8.73. The van der Waals surface area contributed by atoms with Crippen LogP contribution in [-0.4, -0.2) is 46.5 Å². The van der Waals surface area contributed by atoms with Crippen molar-refractivity contribution >= 4 is 17.3 Å². The van der Waals surface area contributed by atoms with Crippen LogP contribution in [0.1, 0.15) is 29.4 Å². The fraction of sp³-hybridized carbons (Fsp3) is 0.588. The molecule has 0 bridgehead atoms. The summed E-state index contributed by atoms with van der Waals surface area (Å²) in [6.45, 7) is 4.93. The van der Waals surface area contributed by atoms with Gasteiger partial charge < -0.3 is 19.9 Å². The van der Waals surface area contributed by atoms with E-state index in [1.807, 2.05) is 18.5 Å². The van der Waals surface area contributed by atoms with E-state index < -0.39 is 0 Å². The van der Waals surface area contributed by atoms with E-state index in [1.54, 1.807) is 11.3 Å². The highest BCUT2D eigenvalue weighted by Crippen LogP contribution is 2.10. The van der Waals surface area contributed by atoms with E-state index in [2.05, 4.69) is 43.3 Å². The second kappa shape index (κ2) is 8.96. The van der Waals surface area contributed by atoms with E-state index in [1.165, 1.54) is 4.88 Å².